The number of aromatic nitrogens is 1. The minimum Gasteiger partial charge on any atom is -0.464 e. The van der Waals surface area contributed by atoms with E-state index in [1.165, 1.54) is 12.3 Å². The van der Waals surface area contributed by atoms with Gasteiger partial charge in [-0.3, -0.25) is 4.03 Å². The first kappa shape index (κ1) is 18.1. The molecule has 0 fully saturated rings. The Kier molecular flexibility index (Phi) is 5.22. The average Bonchev–Trinajstić information content (AvgIpc) is 2.25. The van der Waals surface area contributed by atoms with Gasteiger partial charge < -0.3 is 5.11 Å². The van der Waals surface area contributed by atoms with Crippen molar-refractivity contribution in [3.05, 3.63) is 22.8 Å². The van der Waals surface area contributed by atoms with E-state index in [2.05, 4.69) is 29.7 Å². The fraction of sp³-hybridized carbons (Fsp3) is 0.500. The molecule has 0 saturated heterocycles. The summed E-state index contributed by atoms with van der Waals surface area (Å²) in [6.07, 6.45) is 0.0771. The van der Waals surface area contributed by atoms with Crippen LogP contribution in [0.2, 0.25) is 18.1 Å². The molecule has 0 spiro atoms. The third-order valence-electron chi connectivity index (χ3n) is 3.40. The van der Waals surface area contributed by atoms with E-state index in [1.807, 2.05) is 33.9 Å². The SMILES string of the molecule is CC(C)(C)[Si](C)(C)N=S(=O)(NC(=O)O)c1cc(Br)ccn1. The van der Waals surface area contributed by atoms with Gasteiger partial charge >= 0.3 is 6.09 Å². The predicted molar refractivity (Wildman–Crippen MR) is 89.1 cm³/mol. The number of nitrogens with zero attached hydrogens (tertiary/aromatic N) is 2. The van der Waals surface area contributed by atoms with Gasteiger partial charge in [0.15, 0.2) is 23.2 Å². The lowest BCUT2D eigenvalue weighted by molar-refractivity contribution is 0.201. The zero-order valence-electron chi connectivity index (χ0n) is 12.7. The molecule has 0 aliphatic carbocycles. The second-order valence-corrected chi connectivity index (χ2v) is 14.1. The molecule has 0 aliphatic rings. The summed E-state index contributed by atoms with van der Waals surface area (Å²) in [5.41, 5.74) is 0. The summed E-state index contributed by atoms with van der Waals surface area (Å²) in [7, 11) is -5.67. The summed E-state index contributed by atoms with van der Waals surface area (Å²) in [5.74, 6) is 0. The van der Waals surface area contributed by atoms with E-state index in [9.17, 15) is 9.00 Å². The van der Waals surface area contributed by atoms with Gasteiger partial charge in [0.05, 0.1) is 0 Å². The van der Waals surface area contributed by atoms with Gasteiger partial charge in [-0.25, -0.2) is 18.7 Å². The molecule has 1 aromatic heterocycles. The Morgan fingerprint density at radius 3 is 2.48 bits per heavy atom. The van der Waals surface area contributed by atoms with E-state index in [-0.39, 0.29) is 10.1 Å². The maximum atomic E-state index is 13.1. The van der Waals surface area contributed by atoms with Gasteiger partial charge in [0, 0.05) is 10.7 Å². The second kappa shape index (κ2) is 6.05. The van der Waals surface area contributed by atoms with Crippen molar-refractivity contribution >= 4 is 40.2 Å². The number of pyridine rings is 1. The highest BCUT2D eigenvalue weighted by Gasteiger charge is 2.38. The Bertz CT molecular complexity index is 664. The van der Waals surface area contributed by atoms with Crippen molar-refractivity contribution < 1.29 is 14.1 Å². The van der Waals surface area contributed by atoms with Crippen LogP contribution in [-0.2, 0) is 9.92 Å². The molecule has 0 saturated carbocycles. The molecule has 1 aromatic rings. The van der Waals surface area contributed by atoms with Gasteiger partial charge in [0.25, 0.3) is 0 Å². The molecule has 0 aromatic carbocycles. The molecule has 1 amide bonds. The van der Waals surface area contributed by atoms with E-state index in [0.717, 1.165) is 0 Å². The van der Waals surface area contributed by atoms with Crippen molar-refractivity contribution in [2.75, 3.05) is 0 Å². The van der Waals surface area contributed by atoms with Crippen molar-refractivity contribution in [2.45, 2.75) is 43.9 Å². The monoisotopic (exact) mass is 393 g/mol. The molecule has 21 heavy (non-hydrogen) atoms. The first-order chi connectivity index (χ1) is 9.37. The maximum absolute atomic E-state index is 13.1. The van der Waals surface area contributed by atoms with Crippen molar-refractivity contribution in [2.24, 2.45) is 4.03 Å². The van der Waals surface area contributed by atoms with Crippen LogP contribution in [0.3, 0.4) is 0 Å². The van der Waals surface area contributed by atoms with Gasteiger partial charge in [-0.2, -0.15) is 0 Å². The van der Waals surface area contributed by atoms with Crippen LogP contribution in [-0.4, -0.2) is 28.6 Å². The Balaban J connectivity index is 3.56. The van der Waals surface area contributed by atoms with Gasteiger partial charge in [0.2, 0.25) is 0 Å². The fourth-order valence-corrected chi connectivity index (χ4v) is 6.78. The number of carbonyl (C=O) groups is 1. The number of nitrogens with one attached hydrogen (secondary N) is 1. The largest absolute Gasteiger partial charge is 0.464 e. The number of rotatable bonds is 3. The lowest BCUT2D eigenvalue weighted by Gasteiger charge is -2.33. The van der Waals surface area contributed by atoms with E-state index in [1.54, 1.807) is 6.07 Å². The quantitative estimate of drug-likeness (QED) is 0.762. The van der Waals surface area contributed by atoms with Crippen LogP contribution in [0, 0.1) is 0 Å². The molecule has 9 heteroatoms. The Morgan fingerprint density at radius 2 is 2.05 bits per heavy atom. The number of carboxylic acid groups (broad SMARTS) is 1. The van der Waals surface area contributed by atoms with Crippen LogP contribution in [0.5, 0.6) is 0 Å². The smallest absolute Gasteiger partial charge is 0.417 e. The third kappa shape index (κ3) is 4.52. The predicted octanol–water partition coefficient (Wildman–Crippen LogP) is 3.86. The molecule has 1 rings (SSSR count). The average molecular weight is 394 g/mol. The highest BCUT2D eigenvalue weighted by molar-refractivity contribution is 9.10. The third-order valence-corrected chi connectivity index (χ3v) is 11.7. The summed E-state index contributed by atoms with van der Waals surface area (Å²) < 4.78 is 20.3. The Hall–Kier alpha value is -0.933. The summed E-state index contributed by atoms with van der Waals surface area (Å²) in [6, 6.07) is 3.20. The first-order valence-electron chi connectivity index (χ1n) is 6.28. The molecule has 6 nitrogen and oxygen atoms in total. The summed E-state index contributed by atoms with van der Waals surface area (Å²) >= 11 is 3.27. The van der Waals surface area contributed by atoms with Gasteiger partial charge in [-0.15, -0.1) is 0 Å². The van der Waals surface area contributed by atoms with Gasteiger partial charge in [-0.05, 0) is 30.3 Å². The van der Waals surface area contributed by atoms with Gasteiger partial charge in [-0.1, -0.05) is 36.7 Å². The molecule has 2 N–H and O–H groups in total. The first-order valence-corrected chi connectivity index (χ1v) is 11.5. The lowest BCUT2D eigenvalue weighted by atomic mass is 10.2. The van der Waals surface area contributed by atoms with Crippen LogP contribution < -0.4 is 4.72 Å². The number of hydrogen-bond acceptors (Lipinski definition) is 4. The standard InChI is InChI=1S/C12H20BrN3O3SSi/c1-12(2,3)21(4,5)16-20(19,15-11(17)18)10-8-9(13)6-7-14-10/h6-8H,1-5H3,(H,17,18)(H,15,16,19). The zero-order valence-corrected chi connectivity index (χ0v) is 16.1. The lowest BCUT2D eigenvalue weighted by Crippen LogP contribution is -2.40. The topological polar surface area (TPSA) is 91.7 Å². The van der Waals surface area contributed by atoms with E-state index >= 15 is 0 Å². The molecule has 0 radical (unpaired) electrons. The Labute approximate surface area is 134 Å². The van der Waals surface area contributed by atoms with E-state index in [4.69, 9.17) is 5.11 Å². The van der Waals surface area contributed by atoms with Crippen LogP contribution in [0.25, 0.3) is 0 Å². The molecule has 0 aliphatic heterocycles. The van der Waals surface area contributed by atoms with Crippen LogP contribution >= 0.6 is 15.9 Å². The molecule has 118 valence electrons. The van der Waals surface area contributed by atoms with Crippen molar-refractivity contribution in [3.63, 3.8) is 0 Å². The number of halogens is 1. The van der Waals surface area contributed by atoms with Gasteiger partial charge in [0.1, 0.15) is 0 Å². The summed E-state index contributed by atoms with van der Waals surface area (Å²) in [5, 5.41) is 8.96. The van der Waals surface area contributed by atoms with Crippen LogP contribution in [0.1, 0.15) is 20.8 Å². The van der Waals surface area contributed by atoms with E-state index in [0.29, 0.717) is 4.47 Å². The van der Waals surface area contributed by atoms with Crippen molar-refractivity contribution in [1.29, 1.82) is 0 Å². The fourth-order valence-electron chi connectivity index (χ4n) is 1.24. The maximum Gasteiger partial charge on any atom is 0.417 e. The number of amides is 1. The summed E-state index contributed by atoms with van der Waals surface area (Å²) in [4.78, 5) is 15.1. The summed E-state index contributed by atoms with van der Waals surface area (Å²) in [6.45, 7) is 9.94. The molecule has 1 atom stereocenters. The highest BCUT2D eigenvalue weighted by atomic mass is 79.9. The molecule has 0 bridgehead atoms. The second-order valence-electron chi connectivity index (χ2n) is 6.15. The molecule has 1 heterocycles. The number of hydrogen-bond donors (Lipinski definition) is 2. The normalized spacial score (nSPS) is 15.1. The van der Waals surface area contributed by atoms with Crippen LogP contribution in [0.4, 0.5) is 4.79 Å². The minimum atomic E-state index is -3.33. The van der Waals surface area contributed by atoms with Crippen molar-refractivity contribution in [1.82, 2.24) is 9.71 Å². The molecule has 1 unspecified atom stereocenters. The zero-order chi connectivity index (χ0) is 16.5. The van der Waals surface area contributed by atoms with Crippen LogP contribution in [0.15, 0.2) is 31.9 Å². The van der Waals surface area contributed by atoms with Crippen molar-refractivity contribution in [3.8, 4) is 0 Å². The van der Waals surface area contributed by atoms with E-state index < -0.39 is 24.2 Å². The molecular weight excluding hydrogens is 374 g/mol. The minimum absolute atomic E-state index is 0.115. The molecular formula is C12H20BrN3O3SSi. The highest BCUT2D eigenvalue weighted by Crippen LogP contribution is 2.38. The Morgan fingerprint density at radius 1 is 1.48 bits per heavy atom.